The first-order valence-corrected chi connectivity index (χ1v) is 6.60. The molecule has 0 saturated carbocycles. The van der Waals surface area contributed by atoms with Gasteiger partial charge in [-0.3, -0.25) is 0 Å². The number of hydrogen-bond donors (Lipinski definition) is 2. The molecule has 2 rings (SSSR count). The van der Waals surface area contributed by atoms with Crippen molar-refractivity contribution < 1.29 is 19.0 Å². The van der Waals surface area contributed by atoms with Crippen LogP contribution in [0.15, 0.2) is 42.5 Å². The van der Waals surface area contributed by atoms with Gasteiger partial charge in [-0.15, -0.1) is 0 Å². The third kappa shape index (κ3) is 4.36. The van der Waals surface area contributed by atoms with E-state index < -0.39 is 6.10 Å². The van der Waals surface area contributed by atoms with E-state index in [9.17, 15) is 9.50 Å². The Morgan fingerprint density at radius 1 is 1.14 bits per heavy atom. The second-order valence-corrected chi connectivity index (χ2v) is 4.72. The lowest BCUT2D eigenvalue weighted by molar-refractivity contribution is 0.0628. The number of rotatable bonds is 6. The highest BCUT2D eigenvalue weighted by atomic mass is 19.1. The molecule has 21 heavy (non-hydrogen) atoms. The van der Waals surface area contributed by atoms with Gasteiger partial charge in [0.2, 0.25) is 0 Å². The van der Waals surface area contributed by atoms with E-state index in [4.69, 9.17) is 15.2 Å². The zero-order valence-electron chi connectivity index (χ0n) is 11.8. The van der Waals surface area contributed by atoms with Crippen molar-refractivity contribution in [2.45, 2.75) is 13.0 Å². The topological polar surface area (TPSA) is 64.7 Å². The smallest absolute Gasteiger partial charge is 0.142 e. The van der Waals surface area contributed by atoms with E-state index in [1.54, 1.807) is 43.3 Å². The Hall–Kier alpha value is -2.27. The molecule has 112 valence electrons. The van der Waals surface area contributed by atoms with Gasteiger partial charge in [0.15, 0.2) is 0 Å². The quantitative estimate of drug-likeness (QED) is 0.803. The first-order valence-electron chi connectivity index (χ1n) is 6.60. The van der Waals surface area contributed by atoms with E-state index in [-0.39, 0.29) is 19.0 Å². The Morgan fingerprint density at radius 3 is 2.57 bits per heavy atom. The molecule has 0 bridgehead atoms. The Labute approximate surface area is 122 Å². The highest BCUT2D eigenvalue weighted by Crippen LogP contribution is 2.20. The minimum absolute atomic E-state index is 0.00917. The Bertz CT molecular complexity index is 604. The highest BCUT2D eigenvalue weighted by molar-refractivity contribution is 5.51. The predicted molar refractivity (Wildman–Crippen MR) is 79.0 cm³/mol. The molecule has 1 unspecified atom stereocenters. The number of benzene rings is 2. The average Bonchev–Trinajstić information content (AvgIpc) is 2.47. The van der Waals surface area contributed by atoms with E-state index in [1.165, 1.54) is 6.07 Å². The van der Waals surface area contributed by atoms with Crippen molar-refractivity contribution in [3.8, 4) is 11.5 Å². The molecule has 0 aromatic heterocycles. The molecular weight excluding hydrogens is 273 g/mol. The summed E-state index contributed by atoms with van der Waals surface area (Å²) in [4.78, 5) is 0. The van der Waals surface area contributed by atoms with Gasteiger partial charge in [0.25, 0.3) is 0 Å². The molecule has 3 N–H and O–H groups in total. The zero-order valence-corrected chi connectivity index (χ0v) is 11.8. The fourth-order valence-corrected chi connectivity index (χ4v) is 1.70. The van der Waals surface area contributed by atoms with Gasteiger partial charge in [0.05, 0.1) is 5.69 Å². The zero-order chi connectivity index (χ0) is 15.2. The molecule has 1 atom stereocenters. The highest BCUT2D eigenvalue weighted by Gasteiger charge is 2.09. The summed E-state index contributed by atoms with van der Waals surface area (Å²) in [5.74, 6) is 0.546. The number of ether oxygens (including phenoxy) is 2. The lowest BCUT2D eigenvalue weighted by atomic mass is 10.2. The monoisotopic (exact) mass is 291 g/mol. The van der Waals surface area contributed by atoms with Crippen LogP contribution in [0.3, 0.4) is 0 Å². The van der Waals surface area contributed by atoms with E-state index in [0.717, 1.165) is 0 Å². The van der Waals surface area contributed by atoms with E-state index in [2.05, 4.69) is 0 Å². The third-order valence-electron chi connectivity index (χ3n) is 2.94. The standard InChI is InChI=1S/C16H18FNO3/c1-11-6-7-13(8-14(11)17)20-9-12(19)10-21-16-5-3-2-4-15(16)18/h2-8,12,19H,9-10,18H2,1H3. The molecule has 0 aliphatic carbocycles. The van der Waals surface area contributed by atoms with Crippen LogP contribution in [-0.4, -0.2) is 24.4 Å². The molecule has 2 aromatic carbocycles. The second kappa shape index (κ2) is 6.95. The number of para-hydroxylation sites is 2. The summed E-state index contributed by atoms with van der Waals surface area (Å²) in [7, 11) is 0. The predicted octanol–water partition coefficient (Wildman–Crippen LogP) is 2.54. The summed E-state index contributed by atoms with van der Waals surface area (Å²) in [6.07, 6.45) is -0.839. The number of aliphatic hydroxyl groups is 1. The van der Waals surface area contributed by atoms with Gasteiger partial charge in [-0.25, -0.2) is 4.39 Å². The number of nitrogens with two attached hydrogens (primary N) is 1. The van der Waals surface area contributed by atoms with Gasteiger partial charge in [-0.05, 0) is 30.7 Å². The van der Waals surface area contributed by atoms with Crippen molar-refractivity contribution in [1.29, 1.82) is 0 Å². The molecule has 2 aromatic rings. The molecule has 0 radical (unpaired) electrons. The van der Waals surface area contributed by atoms with Crippen LogP contribution in [0.25, 0.3) is 0 Å². The number of hydrogen-bond acceptors (Lipinski definition) is 4. The maximum Gasteiger partial charge on any atom is 0.142 e. The molecule has 5 heteroatoms. The van der Waals surface area contributed by atoms with Crippen LogP contribution in [0.1, 0.15) is 5.56 Å². The van der Waals surface area contributed by atoms with Crippen LogP contribution >= 0.6 is 0 Å². The Morgan fingerprint density at radius 2 is 1.86 bits per heavy atom. The van der Waals surface area contributed by atoms with E-state index >= 15 is 0 Å². The summed E-state index contributed by atoms with van der Waals surface area (Å²) >= 11 is 0. The summed E-state index contributed by atoms with van der Waals surface area (Å²) in [6, 6.07) is 11.6. The molecule has 0 heterocycles. The number of nitrogen functional groups attached to an aromatic ring is 1. The lowest BCUT2D eigenvalue weighted by Crippen LogP contribution is -2.25. The van der Waals surface area contributed by atoms with E-state index in [1.807, 2.05) is 0 Å². The van der Waals surface area contributed by atoms with Crippen LogP contribution in [0.2, 0.25) is 0 Å². The van der Waals surface area contributed by atoms with Gasteiger partial charge >= 0.3 is 0 Å². The molecule has 0 aliphatic rings. The van der Waals surface area contributed by atoms with Crippen LogP contribution in [0.4, 0.5) is 10.1 Å². The number of halogens is 1. The van der Waals surface area contributed by atoms with Crippen LogP contribution in [0, 0.1) is 12.7 Å². The fourth-order valence-electron chi connectivity index (χ4n) is 1.70. The van der Waals surface area contributed by atoms with Crippen LogP contribution in [0.5, 0.6) is 11.5 Å². The van der Waals surface area contributed by atoms with Crippen molar-refractivity contribution in [2.24, 2.45) is 0 Å². The summed E-state index contributed by atoms with van der Waals surface area (Å²) in [5, 5.41) is 9.80. The summed E-state index contributed by atoms with van der Waals surface area (Å²) in [5.41, 5.74) is 6.78. The number of anilines is 1. The third-order valence-corrected chi connectivity index (χ3v) is 2.94. The SMILES string of the molecule is Cc1ccc(OCC(O)COc2ccccc2N)cc1F. The first-order chi connectivity index (χ1) is 10.1. The van der Waals surface area contributed by atoms with Crippen LogP contribution < -0.4 is 15.2 Å². The summed E-state index contributed by atoms with van der Waals surface area (Å²) in [6.45, 7) is 1.73. The molecular formula is C16H18FNO3. The summed E-state index contributed by atoms with van der Waals surface area (Å²) < 4.78 is 24.1. The maximum absolute atomic E-state index is 13.3. The van der Waals surface area contributed by atoms with Crippen molar-refractivity contribution in [3.05, 3.63) is 53.8 Å². The van der Waals surface area contributed by atoms with Gasteiger partial charge < -0.3 is 20.3 Å². The van der Waals surface area contributed by atoms with Gasteiger partial charge in [-0.1, -0.05) is 18.2 Å². The van der Waals surface area contributed by atoms with Gasteiger partial charge in [0, 0.05) is 6.07 Å². The number of aliphatic hydroxyl groups excluding tert-OH is 1. The van der Waals surface area contributed by atoms with Crippen molar-refractivity contribution in [1.82, 2.24) is 0 Å². The molecule has 0 fully saturated rings. The minimum Gasteiger partial charge on any atom is -0.491 e. The maximum atomic E-state index is 13.3. The lowest BCUT2D eigenvalue weighted by Gasteiger charge is -2.14. The average molecular weight is 291 g/mol. The Kier molecular flexibility index (Phi) is 5.00. The largest absolute Gasteiger partial charge is 0.491 e. The second-order valence-electron chi connectivity index (χ2n) is 4.72. The van der Waals surface area contributed by atoms with Crippen LogP contribution in [-0.2, 0) is 0 Å². The fraction of sp³-hybridized carbons (Fsp3) is 0.250. The Balaban J connectivity index is 1.81. The minimum atomic E-state index is -0.839. The number of aryl methyl sites for hydroxylation is 1. The van der Waals surface area contributed by atoms with Crippen molar-refractivity contribution >= 4 is 5.69 Å². The van der Waals surface area contributed by atoms with Gasteiger partial charge in [-0.2, -0.15) is 0 Å². The molecule has 0 saturated heterocycles. The first kappa shape index (κ1) is 15.1. The molecule has 0 spiro atoms. The molecule has 4 nitrogen and oxygen atoms in total. The molecule has 0 aliphatic heterocycles. The molecule has 0 amide bonds. The van der Waals surface area contributed by atoms with Gasteiger partial charge in [0.1, 0.15) is 36.6 Å². The van der Waals surface area contributed by atoms with E-state index in [0.29, 0.717) is 22.7 Å². The van der Waals surface area contributed by atoms with Crippen molar-refractivity contribution in [3.63, 3.8) is 0 Å². The van der Waals surface area contributed by atoms with Crippen molar-refractivity contribution in [2.75, 3.05) is 18.9 Å². The normalized spacial score (nSPS) is 12.0.